The molecule has 3 aromatic rings. The lowest BCUT2D eigenvalue weighted by molar-refractivity contribution is 0.243. The largest absolute Gasteiger partial charge is 0.497 e. The Balaban J connectivity index is 1.55. The maximum Gasteiger partial charge on any atom is 0.319 e. The fourth-order valence-corrected chi connectivity index (χ4v) is 3.94. The zero-order valence-corrected chi connectivity index (χ0v) is 18.9. The Hall–Kier alpha value is -3.03. The second-order valence-corrected chi connectivity index (χ2v) is 8.24. The zero-order valence-electron chi connectivity index (χ0n) is 18.0. The molecule has 6 nitrogen and oxygen atoms in total. The molecule has 2 aromatic carbocycles. The highest BCUT2D eigenvalue weighted by Crippen LogP contribution is 2.23. The first-order valence-electron chi connectivity index (χ1n) is 10.0. The molecule has 0 radical (unpaired) electrons. The number of methoxy groups -OCH3 is 1. The van der Waals surface area contributed by atoms with Crippen molar-refractivity contribution in [2.75, 3.05) is 33.1 Å². The van der Waals surface area contributed by atoms with Gasteiger partial charge in [0, 0.05) is 24.2 Å². The van der Waals surface area contributed by atoms with Gasteiger partial charge in [-0.15, -0.1) is 11.8 Å². The first-order valence-corrected chi connectivity index (χ1v) is 11.0. The van der Waals surface area contributed by atoms with Crippen molar-refractivity contribution in [1.82, 2.24) is 15.2 Å². The number of thioether (sulfide) groups is 1. The number of hydrogen-bond donors (Lipinski definition) is 2. The average Bonchev–Trinajstić information content (AvgIpc) is 2.79. The molecule has 0 spiro atoms. The molecule has 1 aromatic heterocycles. The molecule has 0 bridgehead atoms. The summed E-state index contributed by atoms with van der Waals surface area (Å²) in [6.45, 7) is 0.473. The van der Waals surface area contributed by atoms with Gasteiger partial charge < -0.3 is 20.3 Å². The zero-order chi connectivity index (χ0) is 22.1. The number of pyridine rings is 1. The number of ether oxygens (including phenoxy) is 1. The number of nitrogens with zero attached hydrogens (tertiary/aromatic N) is 2. The molecule has 1 unspecified atom stereocenters. The Kier molecular flexibility index (Phi) is 8.32. The summed E-state index contributed by atoms with van der Waals surface area (Å²) in [7, 11) is 5.64. The van der Waals surface area contributed by atoms with Crippen LogP contribution in [0, 0.1) is 0 Å². The normalized spacial score (nSPS) is 11.7. The molecule has 1 heterocycles. The van der Waals surface area contributed by atoms with Crippen LogP contribution in [0.3, 0.4) is 0 Å². The number of benzene rings is 2. The van der Waals surface area contributed by atoms with E-state index in [1.54, 1.807) is 25.1 Å². The standard InChI is InChI=1S/C24H28N4O2S/c1-28(2)22(19-9-7-11-21(15-19)30-3)16-26-24(29)27-20-10-6-8-18(14-20)17-31-23-12-4-5-13-25-23/h4-15,22H,16-17H2,1-3H3,(H2,26,27,29). The molecule has 0 saturated heterocycles. The summed E-state index contributed by atoms with van der Waals surface area (Å²) < 4.78 is 5.32. The van der Waals surface area contributed by atoms with Gasteiger partial charge in [-0.2, -0.15) is 0 Å². The maximum atomic E-state index is 12.5. The van der Waals surface area contributed by atoms with Gasteiger partial charge >= 0.3 is 6.03 Å². The Labute approximate surface area is 188 Å². The van der Waals surface area contributed by atoms with Crippen LogP contribution in [-0.4, -0.2) is 43.7 Å². The van der Waals surface area contributed by atoms with Crippen LogP contribution in [0.15, 0.2) is 78.0 Å². The minimum absolute atomic E-state index is 0.0296. The molecular weight excluding hydrogens is 408 g/mol. The van der Waals surface area contributed by atoms with Crippen molar-refractivity contribution in [3.63, 3.8) is 0 Å². The summed E-state index contributed by atoms with van der Waals surface area (Å²) in [6, 6.07) is 21.4. The van der Waals surface area contributed by atoms with Gasteiger partial charge in [-0.25, -0.2) is 9.78 Å². The predicted molar refractivity (Wildman–Crippen MR) is 127 cm³/mol. The molecule has 7 heteroatoms. The van der Waals surface area contributed by atoms with Crippen LogP contribution in [0.5, 0.6) is 5.75 Å². The lowest BCUT2D eigenvalue weighted by Gasteiger charge is -2.25. The number of rotatable bonds is 9. The van der Waals surface area contributed by atoms with Crippen LogP contribution in [0.25, 0.3) is 0 Å². The molecule has 2 N–H and O–H groups in total. The molecular formula is C24H28N4O2S. The number of likely N-dealkylation sites (N-methyl/N-ethyl adjacent to an activating group) is 1. The molecule has 0 aliphatic carbocycles. The van der Waals surface area contributed by atoms with Gasteiger partial charge in [0.05, 0.1) is 18.2 Å². The second kappa shape index (κ2) is 11.4. The Bertz CT molecular complexity index is 982. The van der Waals surface area contributed by atoms with Crippen molar-refractivity contribution in [3.05, 3.63) is 84.1 Å². The monoisotopic (exact) mass is 436 g/mol. The summed E-state index contributed by atoms with van der Waals surface area (Å²) in [6.07, 6.45) is 1.79. The summed E-state index contributed by atoms with van der Waals surface area (Å²) in [5.74, 6) is 1.58. The molecule has 162 valence electrons. The van der Waals surface area contributed by atoms with Gasteiger partial charge in [0.25, 0.3) is 0 Å². The third-order valence-corrected chi connectivity index (χ3v) is 5.78. The van der Waals surface area contributed by atoms with Crippen LogP contribution in [0.1, 0.15) is 17.2 Å². The van der Waals surface area contributed by atoms with Crippen LogP contribution >= 0.6 is 11.8 Å². The van der Waals surface area contributed by atoms with Crippen molar-refractivity contribution >= 4 is 23.5 Å². The number of anilines is 1. The van der Waals surface area contributed by atoms with E-state index in [4.69, 9.17) is 4.74 Å². The van der Waals surface area contributed by atoms with Crippen molar-refractivity contribution in [1.29, 1.82) is 0 Å². The van der Waals surface area contributed by atoms with E-state index in [-0.39, 0.29) is 12.1 Å². The van der Waals surface area contributed by atoms with Crippen molar-refractivity contribution in [2.24, 2.45) is 0 Å². The molecule has 0 aliphatic heterocycles. The molecule has 3 rings (SSSR count). The van der Waals surface area contributed by atoms with Gasteiger partial charge in [0.15, 0.2) is 0 Å². The van der Waals surface area contributed by atoms with Gasteiger partial charge in [-0.05, 0) is 61.6 Å². The number of aromatic nitrogens is 1. The van der Waals surface area contributed by atoms with E-state index < -0.39 is 0 Å². The molecule has 1 atom stereocenters. The van der Waals surface area contributed by atoms with E-state index >= 15 is 0 Å². The van der Waals surface area contributed by atoms with E-state index in [9.17, 15) is 4.79 Å². The van der Waals surface area contributed by atoms with Crippen LogP contribution in [-0.2, 0) is 5.75 Å². The average molecular weight is 437 g/mol. The van der Waals surface area contributed by atoms with Crippen molar-refractivity contribution < 1.29 is 9.53 Å². The lowest BCUT2D eigenvalue weighted by Crippen LogP contribution is -2.36. The highest BCUT2D eigenvalue weighted by molar-refractivity contribution is 7.98. The maximum absolute atomic E-state index is 12.5. The Morgan fingerprint density at radius 1 is 1.10 bits per heavy atom. The summed E-state index contributed by atoms with van der Waals surface area (Å²) in [4.78, 5) is 18.9. The van der Waals surface area contributed by atoms with E-state index in [1.165, 1.54) is 0 Å². The molecule has 0 saturated carbocycles. The number of nitrogens with one attached hydrogen (secondary N) is 2. The number of carbonyl (C=O) groups excluding carboxylic acids is 1. The summed E-state index contributed by atoms with van der Waals surface area (Å²) in [5, 5.41) is 6.89. The van der Waals surface area contributed by atoms with Gasteiger partial charge in [-0.1, -0.05) is 30.3 Å². The van der Waals surface area contributed by atoms with E-state index in [0.717, 1.165) is 33.3 Å². The minimum atomic E-state index is -0.232. The third-order valence-electron chi connectivity index (χ3n) is 4.77. The topological polar surface area (TPSA) is 66.5 Å². The van der Waals surface area contributed by atoms with Gasteiger partial charge in [0.1, 0.15) is 5.75 Å². The van der Waals surface area contributed by atoms with E-state index in [0.29, 0.717) is 6.54 Å². The Morgan fingerprint density at radius 3 is 2.68 bits per heavy atom. The number of amides is 2. The predicted octanol–water partition coefficient (Wildman–Crippen LogP) is 4.81. The number of carbonyl (C=O) groups is 1. The van der Waals surface area contributed by atoms with Crippen molar-refractivity contribution in [3.8, 4) is 5.75 Å². The fourth-order valence-electron chi connectivity index (χ4n) is 3.14. The smallest absolute Gasteiger partial charge is 0.319 e. The quantitative estimate of drug-likeness (QED) is 0.472. The van der Waals surface area contributed by atoms with Crippen LogP contribution in [0.2, 0.25) is 0 Å². The summed E-state index contributed by atoms with van der Waals surface area (Å²) in [5.41, 5.74) is 2.97. The van der Waals surface area contributed by atoms with Crippen LogP contribution in [0.4, 0.5) is 10.5 Å². The molecule has 0 aliphatic rings. The van der Waals surface area contributed by atoms with E-state index in [2.05, 4.69) is 20.5 Å². The van der Waals surface area contributed by atoms with Gasteiger partial charge in [-0.3, -0.25) is 0 Å². The molecule has 2 amide bonds. The van der Waals surface area contributed by atoms with E-state index in [1.807, 2.05) is 80.8 Å². The van der Waals surface area contributed by atoms with Crippen molar-refractivity contribution in [2.45, 2.75) is 16.8 Å². The highest BCUT2D eigenvalue weighted by atomic mass is 32.2. The highest BCUT2D eigenvalue weighted by Gasteiger charge is 2.16. The minimum Gasteiger partial charge on any atom is -0.497 e. The first-order chi connectivity index (χ1) is 15.0. The second-order valence-electron chi connectivity index (χ2n) is 7.25. The first kappa shape index (κ1) is 22.7. The number of hydrogen-bond acceptors (Lipinski definition) is 5. The third kappa shape index (κ3) is 7.01. The fraction of sp³-hybridized carbons (Fsp3) is 0.250. The SMILES string of the molecule is COc1cccc(C(CNC(=O)Nc2cccc(CSc3ccccn3)c2)N(C)C)c1. The van der Waals surface area contributed by atoms with Crippen LogP contribution < -0.4 is 15.4 Å². The molecule has 0 fully saturated rings. The number of urea groups is 1. The Morgan fingerprint density at radius 2 is 1.94 bits per heavy atom. The van der Waals surface area contributed by atoms with Gasteiger partial charge in [0.2, 0.25) is 0 Å². The lowest BCUT2D eigenvalue weighted by atomic mass is 10.1. The summed E-state index contributed by atoms with van der Waals surface area (Å²) >= 11 is 1.66. The molecule has 31 heavy (non-hydrogen) atoms.